The number of esters is 2. The molecule has 5 rings (SSSR count). The Hall–Kier alpha value is -4.15. The fourth-order valence-corrected chi connectivity index (χ4v) is 6.53. The van der Waals surface area contributed by atoms with Crippen LogP contribution in [-0.2, 0) is 25.6 Å². The predicted molar refractivity (Wildman–Crippen MR) is 166 cm³/mol. The van der Waals surface area contributed by atoms with Gasteiger partial charge in [-0.15, -0.1) is 0 Å². The zero-order valence-corrected chi connectivity index (χ0v) is 26.0. The molecular weight excluding hydrogens is 590 g/mol. The van der Waals surface area contributed by atoms with Crippen LogP contribution in [-0.4, -0.2) is 41.4 Å². The molecule has 2 aromatic carbocycles. The van der Waals surface area contributed by atoms with Crippen molar-refractivity contribution in [2.75, 3.05) is 20.3 Å². The zero-order chi connectivity index (χ0) is 30.7. The summed E-state index contributed by atoms with van der Waals surface area (Å²) in [6, 6.07) is 11.9. The summed E-state index contributed by atoms with van der Waals surface area (Å²) in [6.07, 6.45) is 4.88. The third kappa shape index (κ3) is 5.89. The number of methoxy groups -OCH3 is 1. The lowest BCUT2D eigenvalue weighted by Crippen LogP contribution is -2.40. The molecule has 0 unspecified atom stereocenters. The lowest BCUT2D eigenvalue weighted by atomic mass is 9.93. The maximum atomic E-state index is 14.2. The van der Waals surface area contributed by atoms with Gasteiger partial charge in [0.05, 0.1) is 36.1 Å². The Balaban J connectivity index is 1.76. The lowest BCUT2D eigenvalue weighted by molar-refractivity contribution is -0.143. The van der Waals surface area contributed by atoms with Gasteiger partial charge in [-0.3, -0.25) is 14.2 Å². The molecule has 9 nitrogen and oxygen atoms in total. The highest BCUT2D eigenvalue weighted by molar-refractivity contribution is 7.07. The van der Waals surface area contributed by atoms with E-state index in [0.29, 0.717) is 44.4 Å². The van der Waals surface area contributed by atoms with E-state index in [4.69, 9.17) is 30.8 Å². The quantitative estimate of drug-likeness (QED) is 0.237. The largest absolute Gasteiger partial charge is 0.496 e. The molecule has 0 spiro atoms. The van der Waals surface area contributed by atoms with Gasteiger partial charge in [-0.05, 0) is 50.6 Å². The first-order valence-electron chi connectivity index (χ1n) is 14.1. The number of para-hydroxylation sites is 1. The number of rotatable bonds is 10. The molecule has 4 aromatic rings. The third-order valence-corrected chi connectivity index (χ3v) is 8.31. The molecule has 1 atom stereocenters. The Morgan fingerprint density at radius 2 is 1.86 bits per heavy atom. The maximum Gasteiger partial charge on any atom is 0.338 e. The van der Waals surface area contributed by atoms with Crippen LogP contribution in [0.15, 0.2) is 69.7 Å². The van der Waals surface area contributed by atoms with E-state index >= 15 is 0 Å². The molecule has 0 saturated heterocycles. The average molecular weight is 622 g/mol. The number of halogens is 1. The van der Waals surface area contributed by atoms with Crippen LogP contribution in [0.25, 0.3) is 17.0 Å². The van der Waals surface area contributed by atoms with Crippen molar-refractivity contribution in [2.45, 2.75) is 46.2 Å². The van der Waals surface area contributed by atoms with Crippen molar-refractivity contribution in [3.63, 3.8) is 0 Å². The molecule has 0 N–H and O–H groups in total. The molecule has 0 radical (unpaired) electrons. The summed E-state index contributed by atoms with van der Waals surface area (Å²) in [6.45, 7) is 6.01. The Bertz CT molecular complexity index is 1920. The number of hydrogen-bond donors (Lipinski definition) is 0. The number of hydrogen-bond acceptors (Lipinski definition) is 8. The molecule has 43 heavy (non-hydrogen) atoms. The van der Waals surface area contributed by atoms with E-state index in [2.05, 4.69) is 0 Å². The lowest BCUT2D eigenvalue weighted by Gasteiger charge is -2.27. The monoisotopic (exact) mass is 621 g/mol. The second kappa shape index (κ2) is 13.0. The molecule has 0 aliphatic carbocycles. The van der Waals surface area contributed by atoms with Gasteiger partial charge in [-0.25, -0.2) is 9.79 Å². The van der Waals surface area contributed by atoms with Crippen molar-refractivity contribution in [3.8, 4) is 5.75 Å². The SMILES string of the molecule is CCCC1=C(C(=O)OCC)[C@H](c2cc(Cl)ccc2OC)n2c(s/c(=C/c3cn(CC(=O)OCC)c4ccccc34)c2=O)=N1. The summed E-state index contributed by atoms with van der Waals surface area (Å²) in [4.78, 5) is 45.3. The van der Waals surface area contributed by atoms with E-state index < -0.39 is 12.0 Å². The molecule has 1 aliphatic heterocycles. The maximum absolute atomic E-state index is 14.2. The average Bonchev–Trinajstić information content (AvgIpc) is 3.49. The summed E-state index contributed by atoms with van der Waals surface area (Å²) < 4.78 is 20.1. The number of aromatic nitrogens is 2. The Morgan fingerprint density at radius 3 is 2.58 bits per heavy atom. The van der Waals surface area contributed by atoms with Crippen LogP contribution >= 0.6 is 22.9 Å². The third-order valence-electron chi connectivity index (χ3n) is 7.09. The first-order valence-corrected chi connectivity index (χ1v) is 15.3. The number of fused-ring (bicyclic) bond motifs is 2. The predicted octanol–water partition coefficient (Wildman–Crippen LogP) is 4.76. The molecule has 0 amide bonds. The number of thiazole rings is 1. The number of carbonyl (C=O) groups excluding carboxylic acids is 2. The first-order chi connectivity index (χ1) is 20.8. The van der Waals surface area contributed by atoms with E-state index in [1.807, 2.05) is 42.0 Å². The van der Waals surface area contributed by atoms with Crippen molar-refractivity contribution in [1.29, 1.82) is 0 Å². The van der Waals surface area contributed by atoms with E-state index in [0.717, 1.165) is 22.9 Å². The second-order valence-electron chi connectivity index (χ2n) is 9.83. The van der Waals surface area contributed by atoms with Gasteiger partial charge in [-0.2, -0.15) is 0 Å². The number of nitrogens with zero attached hydrogens (tertiary/aromatic N) is 3. The van der Waals surface area contributed by atoms with Crippen LogP contribution < -0.4 is 19.6 Å². The topological polar surface area (TPSA) is 101 Å². The molecule has 224 valence electrons. The van der Waals surface area contributed by atoms with E-state index in [1.54, 1.807) is 38.1 Å². The number of benzene rings is 2. The van der Waals surface area contributed by atoms with Gasteiger partial charge in [0.1, 0.15) is 18.3 Å². The van der Waals surface area contributed by atoms with Crippen LogP contribution in [0.2, 0.25) is 5.02 Å². The molecule has 11 heteroatoms. The number of ether oxygens (including phenoxy) is 3. The van der Waals surface area contributed by atoms with E-state index in [1.165, 1.54) is 23.0 Å². The molecule has 1 aliphatic rings. The zero-order valence-electron chi connectivity index (χ0n) is 24.4. The highest BCUT2D eigenvalue weighted by Gasteiger charge is 2.36. The standard InChI is InChI=1S/C32H32ClN3O6S/c1-5-10-23-28(31(39)42-7-3)29(22-16-20(33)13-14-25(22)40-4)36-30(38)26(43-32(36)34-23)15-19-17-35(18-27(37)41-6-2)24-12-9-8-11-21(19)24/h8-9,11-17,29H,5-7,10,18H2,1-4H3/b26-15+/t29-/m0/s1. The normalized spacial score (nSPS) is 14.9. The number of carbonyl (C=O) groups is 2. The summed E-state index contributed by atoms with van der Waals surface area (Å²) in [7, 11) is 1.53. The van der Waals surface area contributed by atoms with Crippen LogP contribution in [0.3, 0.4) is 0 Å². The Labute approximate surface area is 257 Å². The Morgan fingerprint density at radius 1 is 1.09 bits per heavy atom. The fourth-order valence-electron chi connectivity index (χ4n) is 5.34. The van der Waals surface area contributed by atoms with Gasteiger partial charge in [0.25, 0.3) is 5.56 Å². The summed E-state index contributed by atoms with van der Waals surface area (Å²) in [5.41, 5.74) is 2.68. The van der Waals surface area contributed by atoms with Gasteiger partial charge in [-0.1, -0.05) is 54.5 Å². The molecular formula is C32H32ClN3O6S. The van der Waals surface area contributed by atoms with Gasteiger partial charge < -0.3 is 18.8 Å². The van der Waals surface area contributed by atoms with Crippen molar-refractivity contribution in [2.24, 2.45) is 4.99 Å². The van der Waals surface area contributed by atoms with Gasteiger partial charge in [0, 0.05) is 33.2 Å². The highest BCUT2D eigenvalue weighted by Crippen LogP contribution is 2.38. The van der Waals surface area contributed by atoms with Crippen molar-refractivity contribution < 1.29 is 23.8 Å². The van der Waals surface area contributed by atoms with Gasteiger partial charge in [0.15, 0.2) is 4.80 Å². The molecule has 0 fully saturated rings. The minimum absolute atomic E-state index is 0.0429. The fraction of sp³-hybridized carbons (Fsp3) is 0.312. The summed E-state index contributed by atoms with van der Waals surface area (Å²) in [5, 5.41) is 1.31. The van der Waals surface area contributed by atoms with Crippen LogP contribution in [0.1, 0.15) is 50.8 Å². The second-order valence-corrected chi connectivity index (χ2v) is 11.3. The van der Waals surface area contributed by atoms with Gasteiger partial charge >= 0.3 is 11.9 Å². The van der Waals surface area contributed by atoms with Crippen molar-refractivity contribution in [1.82, 2.24) is 9.13 Å². The first kappa shape index (κ1) is 30.3. The minimum atomic E-state index is -0.863. The summed E-state index contributed by atoms with van der Waals surface area (Å²) in [5.74, 6) is -0.414. The minimum Gasteiger partial charge on any atom is -0.496 e. The van der Waals surface area contributed by atoms with E-state index in [9.17, 15) is 14.4 Å². The van der Waals surface area contributed by atoms with Crippen LogP contribution in [0.4, 0.5) is 0 Å². The van der Waals surface area contributed by atoms with E-state index in [-0.39, 0.29) is 30.3 Å². The van der Waals surface area contributed by atoms with Gasteiger partial charge in [0.2, 0.25) is 0 Å². The van der Waals surface area contributed by atoms with Crippen molar-refractivity contribution >= 4 is 51.9 Å². The van der Waals surface area contributed by atoms with Crippen molar-refractivity contribution in [3.05, 3.63) is 95.8 Å². The molecule has 0 bridgehead atoms. The Kier molecular flexibility index (Phi) is 9.17. The smallest absolute Gasteiger partial charge is 0.338 e. The van der Waals surface area contributed by atoms with Crippen LogP contribution in [0, 0.1) is 0 Å². The van der Waals surface area contributed by atoms with Crippen LogP contribution in [0.5, 0.6) is 5.75 Å². The molecule has 2 aromatic heterocycles. The summed E-state index contributed by atoms with van der Waals surface area (Å²) >= 11 is 7.67. The number of allylic oxidation sites excluding steroid dienone is 1. The molecule has 3 heterocycles. The highest BCUT2D eigenvalue weighted by atomic mass is 35.5. The molecule has 0 saturated carbocycles.